The maximum absolute atomic E-state index is 12.9. The summed E-state index contributed by atoms with van der Waals surface area (Å²) in [5.41, 5.74) is -0.723. The van der Waals surface area contributed by atoms with Crippen molar-refractivity contribution in [3.8, 4) is 11.4 Å². The van der Waals surface area contributed by atoms with Gasteiger partial charge in [0.05, 0.1) is 24.3 Å². The number of carbonyl (C=O) groups excluding carboxylic acids is 1. The Kier molecular flexibility index (Phi) is 6.56. The standard InChI is InChI=1S/C19H17ClN4O6S/c1-3-30-19(26)17-16(18(25)24(23-17)12-7-5-4-6-8-12)22-21-14-11-13(31(20,27)28)9-10-15(14)29-2/h4-11,23H,3H2,1-2H3. The molecule has 3 rings (SSSR count). The fraction of sp³-hybridized carbons (Fsp3) is 0.158. The number of ether oxygens (including phenoxy) is 2. The first kappa shape index (κ1) is 22.2. The molecule has 10 nitrogen and oxygen atoms in total. The van der Waals surface area contributed by atoms with Gasteiger partial charge in [0.15, 0.2) is 11.4 Å². The SMILES string of the molecule is CCOC(=O)c1[nH]n(-c2ccccc2)c(=O)c1N=Nc1cc(S(=O)(=O)Cl)ccc1OC. The lowest BCUT2D eigenvalue weighted by molar-refractivity contribution is 0.0520. The van der Waals surface area contributed by atoms with Crippen LogP contribution in [0.5, 0.6) is 5.75 Å². The first-order chi connectivity index (χ1) is 14.8. The quantitative estimate of drug-likeness (QED) is 0.322. The van der Waals surface area contributed by atoms with E-state index in [0.717, 1.165) is 10.7 Å². The second-order valence-electron chi connectivity index (χ2n) is 6.00. The van der Waals surface area contributed by atoms with Crippen LogP contribution in [0.25, 0.3) is 5.69 Å². The fourth-order valence-corrected chi connectivity index (χ4v) is 3.40. The summed E-state index contributed by atoms with van der Waals surface area (Å²) >= 11 is 0. The molecule has 0 aliphatic carbocycles. The molecule has 0 amide bonds. The normalized spacial score (nSPS) is 11.6. The van der Waals surface area contributed by atoms with Crippen molar-refractivity contribution in [1.29, 1.82) is 0 Å². The number of para-hydroxylation sites is 1. The molecule has 162 valence electrons. The summed E-state index contributed by atoms with van der Waals surface area (Å²) in [7, 11) is 2.70. The van der Waals surface area contributed by atoms with Gasteiger partial charge >= 0.3 is 5.97 Å². The zero-order chi connectivity index (χ0) is 22.6. The van der Waals surface area contributed by atoms with Crippen LogP contribution in [-0.2, 0) is 13.8 Å². The van der Waals surface area contributed by atoms with E-state index in [9.17, 15) is 18.0 Å². The van der Waals surface area contributed by atoms with Crippen LogP contribution in [0.15, 0.2) is 68.4 Å². The van der Waals surface area contributed by atoms with E-state index in [2.05, 4.69) is 15.3 Å². The highest BCUT2D eigenvalue weighted by Gasteiger charge is 2.22. The van der Waals surface area contributed by atoms with Gasteiger partial charge in [-0.2, -0.15) is 0 Å². The summed E-state index contributed by atoms with van der Waals surface area (Å²) in [6, 6.07) is 12.2. The molecule has 1 N–H and O–H groups in total. The molecule has 0 atom stereocenters. The molecule has 31 heavy (non-hydrogen) atoms. The number of benzene rings is 2. The third-order valence-electron chi connectivity index (χ3n) is 4.05. The Morgan fingerprint density at radius 3 is 2.48 bits per heavy atom. The Hall–Kier alpha value is -3.44. The van der Waals surface area contributed by atoms with Crippen LogP contribution < -0.4 is 10.3 Å². The Labute approximate surface area is 181 Å². The number of nitrogens with one attached hydrogen (secondary N) is 1. The van der Waals surface area contributed by atoms with E-state index in [-0.39, 0.29) is 34.3 Å². The molecule has 0 spiro atoms. The molecule has 0 bridgehead atoms. The number of hydrogen-bond acceptors (Lipinski definition) is 8. The van der Waals surface area contributed by atoms with Gasteiger partial charge < -0.3 is 9.47 Å². The van der Waals surface area contributed by atoms with Gasteiger partial charge in [-0.15, -0.1) is 10.2 Å². The van der Waals surface area contributed by atoms with Gasteiger partial charge in [-0.3, -0.25) is 9.89 Å². The number of aromatic amines is 1. The number of H-pyrrole nitrogens is 1. The number of carbonyl (C=O) groups is 1. The first-order valence-corrected chi connectivity index (χ1v) is 11.2. The molecule has 3 aromatic rings. The molecule has 2 aromatic carbocycles. The van der Waals surface area contributed by atoms with Gasteiger partial charge in [-0.25, -0.2) is 17.9 Å². The molecule has 0 unspecified atom stereocenters. The summed E-state index contributed by atoms with van der Waals surface area (Å²) in [5.74, 6) is -0.614. The molecule has 12 heteroatoms. The summed E-state index contributed by atoms with van der Waals surface area (Å²) in [5, 5.41) is 10.5. The molecule has 0 saturated heterocycles. The molecular formula is C19H17ClN4O6S. The number of azo groups is 1. The van der Waals surface area contributed by atoms with Crippen LogP contribution in [0, 0.1) is 0 Å². The first-order valence-electron chi connectivity index (χ1n) is 8.88. The minimum Gasteiger partial charge on any atom is -0.494 e. The Bertz CT molecular complexity index is 1300. The molecule has 1 heterocycles. The predicted molar refractivity (Wildman–Crippen MR) is 113 cm³/mol. The van der Waals surface area contributed by atoms with E-state index in [1.807, 2.05) is 0 Å². The molecular weight excluding hydrogens is 448 g/mol. The maximum atomic E-state index is 12.9. The maximum Gasteiger partial charge on any atom is 0.358 e. The lowest BCUT2D eigenvalue weighted by Gasteiger charge is -2.04. The number of nitrogens with zero attached hydrogens (tertiary/aromatic N) is 3. The number of halogens is 1. The molecule has 1 aromatic heterocycles. The number of methoxy groups -OCH3 is 1. The molecule has 0 fully saturated rings. The van der Waals surface area contributed by atoms with Gasteiger partial charge in [-0.1, -0.05) is 18.2 Å². The Balaban J connectivity index is 2.15. The number of hydrogen-bond donors (Lipinski definition) is 1. The molecule has 0 radical (unpaired) electrons. The van der Waals surface area contributed by atoms with Crippen molar-refractivity contribution in [1.82, 2.24) is 9.78 Å². The number of aromatic nitrogens is 2. The van der Waals surface area contributed by atoms with Crippen molar-refractivity contribution in [3.63, 3.8) is 0 Å². The second-order valence-corrected chi connectivity index (χ2v) is 8.57. The summed E-state index contributed by atoms with van der Waals surface area (Å²) in [4.78, 5) is 25.0. The Morgan fingerprint density at radius 2 is 1.87 bits per heavy atom. The number of esters is 1. The molecule has 0 aliphatic rings. The van der Waals surface area contributed by atoms with Crippen molar-refractivity contribution < 1.29 is 22.7 Å². The van der Waals surface area contributed by atoms with E-state index in [1.165, 1.54) is 19.2 Å². The number of rotatable bonds is 7. The topological polar surface area (TPSA) is 132 Å². The van der Waals surface area contributed by atoms with Crippen molar-refractivity contribution in [2.45, 2.75) is 11.8 Å². The van der Waals surface area contributed by atoms with E-state index in [4.69, 9.17) is 20.2 Å². The smallest absolute Gasteiger partial charge is 0.358 e. The van der Waals surface area contributed by atoms with Crippen LogP contribution in [0.4, 0.5) is 11.4 Å². The highest BCUT2D eigenvalue weighted by Crippen LogP contribution is 2.32. The third-order valence-corrected chi connectivity index (χ3v) is 5.40. The third kappa shape index (κ3) is 4.84. The largest absolute Gasteiger partial charge is 0.494 e. The average Bonchev–Trinajstić information content (AvgIpc) is 3.08. The van der Waals surface area contributed by atoms with E-state index in [1.54, 1.807) is 37.3 Å². The summed E-state index contributed by atoms with van der Waals surface area (Å²) in [6.45, 7) is 1.70. The van der Waals surface area contributed by atoms with Crippen LogP contribution in [0.2, 0.25) is 0 Å². The summed E-state index contributed by atoms with van der Waals surface area (Å²) < 4.78 is 34.5. The second kappa shape index (κ2) is 9.14. The zero-order valence-corrected chi connectivity index (χ0v) is 18.0. The van der Waals surface area contributed by atoms with E-state index in [0.29, 0.717) is 5.69 Å². The highest BCUT2D eigenvalue weighted by molar-refractivity contribution is 8.13. The highest BCUT2D eigenvalue weighted by atomic mass is 35.7. The van der Waals surface area contributed by atoms with Crippen LogP contribution in [0.3, 0.4) is 0 Å². The van der Waals surface area contributed by atoms with Gasteiger partial charge in [0, 0.05) is 10.7 Å². The molecule has 0 aliphatic heterocycles. The summed E-state index contributed by atoms with van der Waals surface area (Å²) in [6.07, 6.45) is 0. The lowest BCUT2D eigenvalue weighted by atomic mass is 10.3. The van der Waals surface area contributed by atoms with Gasteiger partial charge in [-0.05, 0) is 37.3 Å². The molecule has 0 saturated carbocycles. The van der Waals surface area contributed by atoms with Crippen LogP contribution in [-0.4, -0.2) is 37.9 Å². The van der Waals surface area contributed by atoms with Crippen molar-refractivity contribution in [3.05, 3.63) is 64.6 Å². The van der Waals surface area contributed by atoms with Crippen molar-refractivity contribution in [2.75, 3.05) is 13.7 Å². The van der Waals surface area contributed by atoms with Gasteiger partial charge in [0.25, 0.3) is 14.6 Å². The van der Waals surface area contributed by atoms with Crippen molar-refractivity contribution >= 4 is 37.1 Å². The lowest BCUT2D eigenvalue weighted by Crippen LogP contribution is -2.13. The van der Waals surface area contributed by atoms with Gasteiger partial charge in [0.2, 0.25) is 0 Å². The monoisotopic (exact) mass is 464 g/mol. The fourth-order valence-electron chi connectivity index (χ4n) is 2.63. The Morgan fingerprint density at radius 1 is 1.16 bits per heavy atom. The minimum absolute atomic E-state index is 0.00843. The van der Waals surface area contributed by atoms with Crippen LogP contribution >= 0.6 is 10.7 Å². The van der Waals surface area contributed by atoms with Crippen molar-refractivity contribution in [2.24, 2.45) is 10.2 Å². The van der Waals surface area contributed by atoms with Gasteiger partial charge in [0.1, 0.15) is 11.4 Å². The van der Waals surface area contributed by atoms with E-state index < -0.39 is 20.6 Å². The van der Waals surface area contributed by atoms with Crippen LogP contribution in [0.1, 0.15) is 17.4 Å². The zero-order valence-electron chi connectivity index (χ0n) is 16.4. The average molecular weight is 465 g/mol. The minimum atomic E-state index is -4.03. The van der Waals surface area contributed by atoms with E-state index >= 15 is 0 Å². The predicted octanol–water partition coefficient (Wildman–Crippen LogP) is 3.69.